The normalized spacial score (nSPS) is 18.4. The van der Waals surface area contributed by atoms with Crippen molar-refractivity contribution in [2.75, 3.05) is 5.32 Å². The van der Waals surface area contributed by atoms with E-state index in [-0.39, 0.29) is 18.2 Å². The van der Waals surface area contributed by atoms with Gasteiger partial charge in [0.1, 0.15) is 11.9 Å². The molecule has 122 valence electrons. The summed E-state index contributed by atoms with van der Waals surface area (Å²) in [4.78, 5) is 24.2. The van der Waals surface area contributed by atoms with Crippen LogP contribution in [0.5, 0.6) is 0 Å². The molecular weight excluding hydrogens is 326 g/mol. The third-order valence-electron chi connectivity index (χ3n) is 4.19. The Labute approximate surface area is 142 Å². The maximum atomic E-state index is 12.5. The van der Waals surface area contributed by atoms with Gasteiger partial charge in [0.15, 0.2) is 0 Å². The summed E-state index contributed by atoms with van der Waals surface area (Å²) < 4.78 is 1.71. The van der Waals surface area contributed by atoms with Gasteiger partial charge in [-0.05, 0) is 11.6 Å². The molecule has 2 aliphatic rings. The Kier molecular flexibility index (Phi) is 3.68. The summed E-state index contributed by atoms with van der Waals surface area (Å²) in [5.41, 5.74) is 3.39. The lowest BCUT2D eigenvalue weighted by Gasteiger charge is -2.17. The minimum absolute atomic E-state index is 0.140. The van der Waals surface area contributed by atoms with E-state index in [9.17, 15) is 9.59 Å². The lowest BCUT2D eigenvalue weighted by Crippen LogP contribution is -2.20. The first-order chi connectivity index (χ1) is 11.6. The molecule has 0 saturated heterocycles. The molecule has 2 aliphatic heterocycles. The Balaban J connectivity index is 1.53. The number of benzene rings is 1. The second-order valence-electron chi connectivity index (χ2n) is 5.77. The molecule has 1 N–H and O–H groups in total. The summed E-state index contributed by atoms with van der Waals surface area (Å²) >= 11 is 1.79. The number of carbonyl (C=O) groups excluding carboxylic acids is 2. The van der Waals surface area contributed by atoms with E-state index in [0.717, 1.165) is 34.1 Å². The highest BCUT2D eigenvalue weighted by atomic mass is 32.2. The molecule has 0 radical (unpaired) electrons. The van der Waals surface area contributed by atoms with Gasteiger partial charge < -0.3 is 5.32 Å². The van der Waals surface area contributed by atoms with Crippen molar-refractivity contribution >= 4 is 29.4 Å². The molecule has 1 aromatic heterocycles. The minimum atomic E-state index is -0.436. The molecule has 1 atom stereocenters. The van der Waals surface area contributed by atoms with Crippen LogP contribution in [-0.4, -0.2) is 21.6 Å². The SMILES string of the molecule is Cn1nc2c(c1NC(=O)CC1N=NC(=O)c3ccccc31)CSC2. The molecule has 1 aromatic carbocycles. The lowest BCUT2D eigenvalue weighted by molar-refractivity contribution is -0.116. The standard InChI is InChI=1S/C16H15N5O2S/c1-21-15(11-7-24-8-13(11)20-21)17-14(22)6-12-9-4-2-3-5-10(9)16(23)19-18-12/h2-5,12H,6-8H2,1H3,(H,17,22). The topological polar surface area (TPSA) is 88.7 Å². The van der Waals surface area contributed by atoms with Crippen molar-refractivity contribution in [2.24, 2.45) is 17.3 Å². The number of aromatic nitrogens is 2. The van der Waals surface area contributed by atoms with E-state index in [0.29, 0.717) is 5.56 Å². The number of azo groups is 1. The van der Waals surface area contributed by atoms with Crippen molar-refractivity contribution in [2.45, 2.75) is 24.0 Å². The van der Waals surface area contributed by atoms with Crippen LogP contribution < -0.4 is 5.32 Å². The van der Waals surface area contributed by atoms with Gasteiger partial charge in [0.05, 0.1) is 12.1 Å². The zero-order valence-corrected chi connectivity index (χ0v) is 13.8. The molecule has 0 saturated carbocycles. The Morgan fingerprint density at radius 2 is 2.21 bits per heavy atom. The molecule has 2 aromatic rings. The van der Waals surface area contributed by atoms with Crippen LogP contribution in [-0.2, 0) is 23.3 Å². The molecular formula is C16H15N5O2S. The quantitative estimate of drug-likeness (QED) is 0.929. The number of thioether (sulfide) groups is 1. The molecule has 24 heavy (non-hydrogen) atoms. The minimum Gasteiger partial charge on any atom is -0.311 e. The van der Waals surface area contributed by atoms with Crippen molar-refractivity contribution in [1.82, 2.24) is 9.78 Å². The number of nitrogens with one attached hydrogen (secondary N) is 1. The summed E-state index contributed by atoms with van der Waals surface area (Å²) in [7, 11) is 1.83. The van der Waals surface area contributed by atoms with E-state index in [4.69, 9.17) is 0 Å². The highest BCUT2D eigenvalue weighted by Crippen LogP contribution is 2.35. The van der Waals surface area contributed by atoms with Crippen LogP contribution in [0.25, 0.3) is 0 Å². The van der Waals surface area contributed by atoms with Gasteiger partial charge >= 0.3 is 0 Å². The Bertz CT molecular complexity index is 873. The molecule has 0 fully saturated rings. The van der Waals surface area contributed by atoms with Crippen molar-refractivity contribution in [1.29, 1.82) is 0 Å². The number of rotatable bonds is 3. The van der Waals surface area contributed by atoms with E-state index in [1.807, 2.05) is 19.2 Å². The third kappa shape index (κ3) is 2.52. The van der Waals surface area contributed by atoms with Crippen LogP contribution >= 0.6 is 11.8 Å². The van der Waals surface area contributed by atoms with E-state index >= 15 is 0 Å². The summed E-state index contributed by atoms with van der Waals surface area (Å²) in [5.74, 6) is 1.97. The fourth-order valence-corrected chi connectivity index (χ4v) is 4.06. The van der Waals surface area contributed by atoms with Gasteiger partial charge in [-0.2, -0.15) is 22.0 Å². The van der Waals surface area contributed by atoms with Crippen LogP contribution in [0.2, 0.25) is 0 Å². The maximum absolute atomic E-state index is 12.5. The maximum Gasteiger partial charge on any atom is 0.295 e. The molecule has 2 amide bonds. The van der Waals surface area contributed by atoms with Crippen LogP contribution in [0.15, 0.2) is 34.5 Å². The summed E-state index contributed by atoms with van der Waals surface area (Å²) in [6.07, 6.45) is 0.140. The van der Waals surface area contributed by atoms with Gasteiger partial charge in [0.2, 0.25) is 5.91 Å². The number of amides is 2. The predicted octanol–water partition coefficient (Wildman–Crippen LogP) is 2.84. The number of fused-ring (bicyclic) bond motifs is 2. The number of hydrogen-bond acceptors (Lipinski definition) is 5. The van der Waals surface area contributed by atoms with Gasteiger partial charge in [-0.1, -0.05) is 18.2 Å². The second kappa shape index (κ2) is 5.86. The average Bonchev–Trinajstić information content (AvgIpc) is 3.13. The number of anilines is 1. The summed E-state index contributed by atoms with van der Waals surface area (Å²) in [6.45, 7) is 0. The van der Waals surface area contributed by atoms with E-state index in [1.165, 1.54) is 0 Å². The molecule has 0 aliphatic carbocycles. The van der Waals surface area contributed by atoms with Crippen molar-refractivity contribution in [3.63, 3.8) is 0 Å². The van der Waals surface area contributed by atoms with Crippen molar-refractivity contribution < 1.29 is 9.59 Å². The van der Waals surface area contributed by atoms with Gasteiger partial charge in [-0.3, -0.25) is 14.3 Å². The van der Waals surface area contributed by atoms with Gasteiger partial charge in [-0.15, -0.1) is 5.11 Å². The van der Waals surface area contributed by atoms with Crippen LogP contribution in [0.1, 0.15) is 39.6 Å². The Morgan fingerprint density at radius 1 is 1.38 bits per heavy atom. The first-order valence-electron chi connectivity index (χ1n) is 7.60. The predicted molar refractivity (Wildman–Crippen MR) is 89.8 cm³/mol. The van der Waals surface area contributed by atoms with Crippen LogP contribution in [0.3, 0.4) is 0 Å². The van der Waals surface area contributed by atoms with E-state index in [1.54, 1.807) is 28.6 Å². The van der Waals surface area contributed by atoms with Crippen LogP contribution in [0, 0.1) is 0 Å². The molecule has 0 bridgehead atoms. The number of nitrogens with zero attached hydrogens (tertiary/aromatic N) is 4. The second-order valence-corrected chi connectivity index (χ2v) is 6.75. The number of aryl methyl sites for hydroxylation is 1. The fraction of sp³-hybridized carbons (Fsp3) is 0.312. The van der Waals surface area contributed by atoms with E-state index in [2.05, 4.69) is 20.6 Å². The smallest absolute Gasteiger partial charge is 0.295 e. The fourth-order valence-electron chi connectivity index (χ4n) is 3.03. The van der Waals surface area contributed by atoms with Crippen LogP contribution in [0.4, 0.5) is 5.82 Å². The first kappa shape index (κ1) is 15.1. The Hall–Kier alpha value is -2.48. The lowest BCUT2D eigenvalue weighted by atomic mass is 9.97. The largest absolute Gasteiger partial charge is 0.311 e. The Morgan fingerprint density at radius 3 is 3.08 bits per heavy atom. The van der Waals surface area contributed by atoms with Crippen molar-refractivity contribution in [3.05, 3.63) is 46.6 Å². The zero-order valence-electron chi connectivity index (χ0n) is 13.0. The molecule has 0 spiro atoms. The highest BCUT2D eigenvalue weighted by Gasteiger charge is 2.27. The van der Waals surface area contributed by atoms with Gasteiger partial charge in [0.25, 0.3) is 5.91 Å². The summed E-state index contributed by atoms with van der Waals surface area (Å²) in [6, 6.07) is 6.72. The first-order valence-corrected chi connectivity index (χ1v) is 8.75. The zero-order chi connectivity index (χ0) is 16.7. The number of hydrogen-bond donors (Lipinski definition) is 1. The molecule has 8 heteroatoms. The highest BCUT2D eigenvalue weighted by molar-refractivity contribution is 7.98. The van der Waals surface area contributed by atoms with Crippen molar-refractivity contribution in [3.8, 4) is 0 Å². The molecule has 4 rings (SSSR count). The van der Waals surface area contributed by atoms with Gasteiger partial charge in [-0.25, -0.2) is 0 Å². The van der Waals surface area contributed by atoms with Gasteiger partial charge in [0, 0.05) is 29.7 Å². The third-order valence-corrected chi connectivity index (χ3v) is 5.16. The molecule has 3 heterocycles. The molecule has 7 nitrogen and oxygen atoms in total. The molecule has 1 unspecified atom stereocenters. The average molecular weight is 341 g/mol. The monoisotopic (exact) mass is 341 g/mol. The number of carbonyl (C=O) groups is 2. The van der Waals surface area contributed by atoms with E-state index < -0.39 is 6.04 Å². The summed E-state index contributed by atoms with van der Waals surface area (Å²) in [5, 5.41) is 15.0.